The first-order valence-corrected chi connectivity index (χ1v) is 6.11. The molecule has 0 saturated heterocycles. The predicted molar refractivity (Wildman–Crippen MR) is 51.5 cm³/mol. The zero-order valence-electron chi connectivity index (χ0n) is 7.76. The predicted octanol–water partition coefficient (Wildman–Crippen LogP) is 1.55. The molecule has 0 amide bonds. The highest BCUT2D eigenvalue weighted by Gasteiger charge is 2.25. The number of nitrogens with one attached hydrogen (secondary N) is 1. The minimum absolute atomic E-state index is 0.0874. The summed E-state index contributed by atoms with van der Waals surface area (Å²) in [5.74, 6) is -1.83. The quantitative estimate of drug-likeness (QED) is 0.739. The summed E-state index contributed by atoms with van der Waals surface area (Å²) in [6, 6.07) is 1.53. The second-order valence-corrected chi connectivity index (χ2v) is 5.44. The topological polar surface area (TPSA) is 46.2 Å². The molecule has 0 atom stereocenters. The lowest BCUT2D eigenvalue weighted by Crippen LogP contribution is -2.06. The van der Waals surface area contributed by atoms with E-state index in [1.54, 1.807) is 0 Å². The molecule has 0 radical (unpaired) electrons. The molecule has 0 aromatic heterocycles. The van der Waals surface area contributed by atoms with E-state index in [2.05, 4.69) is 5.32 Å². The molecule has 3 nitrogen and oxygen atoms in total. The summed E-state index contributed by atoms with van der Waals surface area (Å²) in [7, 11) is -3.57. The van der Waals surface area contributed by atoms with Crippen molar-refractivity contribution in [3.05, 3.63) is 23.8 Å². The summed E-state index contributed by atoms with van der Waals surface area (Å²) < 4.78 is 49.4. The van der Waals surface area contributed by atoms with Crippen LogP contribution in [0.25, 0.3) is 0 Å². The highest BCUT2D eigenvalue weighted by atomic mass is 32.2. The van der Waals surface area contributed by atoms with E-state index in [0.717, 1.165) is 6.07 Å². The normalized spacial score (nSPS) is 18.8. The van der Waals surface area contributed by atoms with Crippen LogP contribution in [0.15, 0.2) is 17.0 Å². The van der Waals surface area contributed by atoms with Crippen LogP contribution >= 0.6 is 0 Å². The Morgan fingerprint density at radius 2 is 2.00 bits per heavy atom. The van der Waals surface area contributed by atoms with Crippen LogP contribution in [0.3, 0.4) is 0 Å². The third-order valence-electron chi connectivity index (χ3n) is 2.25. The Morgan fingerprint density at radius 3 is 2.73 bits per heavy atom. The van der Waals surface area contributed by atoms with Crippen molar-refractivity contribution in [2.45, 2.75) is 11.3 Å². The average molecular weight is 233 g/mol. The van der Waals surface area contributed by atoms with Crippen molar-refractivity contribution in [3.8, 4) is 0 Å². The Bertz CT molecular complexity index is 499. The molecule has 1 aromatic rings. The summed E-state index contributed by atoms with van der Waals surface area (Å²) >= 11 is 0. The Labute approximate surface area is 86.0 Å². The molecule has 0 saturated carbocycles. The average Bonchev–Trinajstić information content (AvgIpc) is 2.26. The van der Waals surface area contributed by atoms with Crippen LogP contribution in [0.5, 0.6) is 0 Å². The van der Waals surface area contributed by atoms with E-state index in [1.807, 2.05) is 0 Å². The van der Waals surface area contributed by atoms with E-state index in [0.29, 0.717) is 19.0 Å². The van der Waals surface area contributed by atoms with Gasteiger partial charge in [0.05, 0.1) is 16.3 Å². The molecule has 1 heterocycles. The molecular weight excluding hydrogens is 224 g/mol. The Morgan fingerprint density at radius 1 is 1.27 bits per heavy atom. The lowest BCUT2D eigenvalue weighted by Gasteiger charge is -2.08. The summed E-state index contributed by atoms with van der Waals surface area (Å²) in [6.45, 7) is 0.370. The van der Waals surface area contributed by atoms with Gasteiger partial charge in [-0.25, -0.2) is 17.2 Å². The van der Waals surface area contributed by atoms with Crippen LogP contribution in [-0.4, -0.2) is 20.7 Å². The van der Waals surface area contributed by atoms with Crippen molar-refractivity contribution in [1.82, 2.24) is 0 Å². The second-order valence-electron chi connectivity index (χ2n) is 3.36. The van der Waals surface area contributed by atoms with Gasteiger partial charge in [0, 0.05) is 12.6 Å². The van der Waals surface area contributed by atoms with Crippen molar-refractivity contribution in [2.24, 2.45) is 0 Å². The van der Waals surface area contributed by atoms with Gasteiger partial charge in [0.25, 0.3) is 0 Å². The van der Waals surface area contributed by atoms with Crippen LogP contribution in [0.2, 0.25) is 0 Å². The van der Waals surface area contributed by atoms with Gasteiger partial charge < -0.3 is 5.32 Å². The number of rotatable bonds is 0. The first-order chi connectivity index (χ1) is 7.00. The van der Waals surface area contributed by atoms with Gasteiger partial charge in [0.1, 0.15) is 5.82 Å². The van der Waals surface area contributed by atoms with Gasteiger partial charge in [-0.3, -0.25) is 0 Å². The fraction of sp³-hybridized carbons (Fsp3) is 0.333. The summed E-state index contributed by atoms with van der Waals surface area (Å²) in [4.78, 5) is -0.280. The van der Waals surface area contributed by atoms with E-state index in [9.17, 15) is 17.2 Å². The highest BCUT2D eigenvalue weighted by molar-refractivity contribution is 7.91. The molecule has 1 aliphatic heterocycles. The number of halogens is 2. The molecule has 0 spiro atoms. The highest BCUT2D eigenvalue weighted by Crippen LogP contribution is 2.29. The number of hydrogen-bond donors (Lipinski definition) is 1. The maximum Gasteiger partial charge on any atom is 0.180 e. The summed E-state index contributed by atoms with van der Waals surface area (Å²) in [5, 5.41) is 2.66. The van der Waals surface area contributed by atoms with Crippen molar-refractivity contribution in [2.75, 3.05) is 17.6 Å². The number of hydrogen-bond acceptors (Lipinski definition) is 3. The minimum Gasteiger partial charge on any atom is -0.382 e. The van der Waals surface area contributed by atoms with E-state index < -0.39 is 21.5 Å². The van der Waals surface area contributed by atoms with Crippen molar-refractivity contribution >= 4 is 15.5 Å². The molecule has 15 heavy (non-hydrogen) atoms. The number of benzene rings is 1. The maximum absolute atomic E-state index is 13.3. The third kappa shape index (κ3) is 1.81. The van der Waals surface area contributed by atoms with Crippen LogP contribution < -0.4 is 5.32 Å². The summed E-state index contributed by atoms with van der Waals surface area (Å²) in [5.41, 5.74) is -0.117. The van der Waals surface area contributed by atoms with E-state index in [1.165, 1.54) is 0 Å². The lowest BCUT2D eigenvalue weighted by atomic mass is 10.3. The Kier molecular flexibility index (Phi) is 2.38. The number of sulfone groups is 1. The fourth-order valence-electron chi connectivity index (χ4n) is 1.55. The van der Waals surface area contributed by atoms with E-state index in [4.69, 9.17) is 0 Å². The Hall–Kier alpha value is -1.17. The second kappa shape index (κ2) is 3.44. The van der Waals surface area contributed by atoms with E-state index >= 15 is 0 Å². The molecule has 0 aliphatic carbocycles. The van der Waals surface area contributed by atoms with Crippen LogP contribution in [0.4, 0.5) is 14.5 Å². The minimum atomic E-state index is -3.57. The molecule has 82 valence electrons. The molecule has 0 fully saturated rings. The monoisotopic (exact) mass is 233 g/mol. The van der Waals surface area contributed by atoms with Gasteiger partial charge in [0.15, 0.2) is 15.7 Å². The molecule has 0 bridgehead atoms. The zero-order chi connectivity index (χ0) is 11.1. The van der Waals surface area contributed by atoms with Gasteiger partial charge in [-0.1, -0.05) is 0 Å². The molecule has 1 aromatic carbocycles. The van der Waals surface area contributed by atoms with Gasteiger partial charge in [-0.15, -0.1) is 0 Å². The van der Waals surface area contributed by atoms with Crippen LogP contribution in [-0.2, 0) is 9.84 Å². The van der Waals surface area contributed by atoms with Crippen LogP contribution in [0.1, 0.15) is 6.42 Å². The standard InChI is InChI=1S/C9H9F2NO2S/c10-6-4-7(11)9-8(5-6)15(13,14)3-1-2-12-9/h4-5,12H,1-3H2. The van der Waals surface area contributed by atoms with Gasteiger partial charge >= 0.3 is 0 Å². The van der Waals surface area contributed by atoms with Crippen molar-refractivity contribution in [3.63, 3.8) is 0 Å². The van der Waals surface area contributed by atoms with Gasteiger partial charge in [-0.05, 0) is 12.5 Å². The van der Waals surface area contributed by atoms with Gasteiger partial charge in [-0.2, -0.15) is 0 Å². The van der Waals surface area contributed by atoms with Gasteiger partial charge in [0.2, 0.25) is 0 Å². The smallest absolute Gasteiger partial charge is 0.180 e. The molecule has 1 aliphatic rings. The van der Waals surface area contributed by atoms with Crippen LogP contribution in [0, 0.1) is 11.6 Å². The molecule has 1 N–H and O–H groups in total. The number of fused-ring (bicyclic) bond motifs is 1. The number of anilines is 1. The molecular formula is C9H9F2NO2S. The molecule has 0 unspecified atom stereocenters. The molecule has 6 heteroatoms. The fourth-order valence-corrected chi connectivity index (χ4v) is 3.07. The largest absolute Gasteiger partial charge is 0.382 e. The first-order valence-electron chi connectivity index (χ1n) is 4.46. The summed E-state index contributed by atoms with van der Waals surface area (Å²) in [6.07, 6.45) is 0.387. The van der Waals surface area contributed by atoms with Crippen molar-refractivity contribution < 1.29 is 17.2 Å². The lowest BCUT2D eigenvalue weighted by molar-refractivity contribution is 0.571. The SMILES string of the molecule is O=S1(=O)CCCNc2c(F)cc(F)cc21. The molecule has 2 rings (SSSR count). The Balaban J connectivity index is 2.72. The zero-order valence-corrected chi connectivity index (χ0v) is 8.57. The third-order valence-corrected chi connectivity index (χ3v) is 4.06. The first kappa shape index (κ1) is 10.4. The maximum atomic E-state index is 13.3. The van der Waals surface area contributed by atoms with Crippen molar-refractivity contribution in [1.29, 1.82) is 0 Å². The van der Waals surface area contributed by atoms with E-state index in [-0.39, 0.29) is 16.3 Å².